The Morgan fingerprint density at radius 3 is 2.79 bits per heavy atom. The summed E-state index contributed by atoms with van der Waals surface area (Å²) in [4.78, 5) is 16.8. The maximum atomic E-state index is 13.5. The van der Waals surface area contributed by atoms with Crippen LogP contribution < -0.4 is 10.3 Å². The summed E-state index contributed by atoms with van der Waals surface area (Å²) in [7, 11) is 0. The van der Waals surface area contributed by atoms with E-state index >= 15 is 0 Å². The van der Waals surface area contributed by atoms with Gasteiger partial charge in [0.15, 0.2) is 11.6 Å². The molecule has 0 aliphatic rings. The molecular formula is C18H13FN2O3. The van der Waals surface area contributed by atoms with Crippen molar-refractivity contribution in [1.82, 2.24) is 9.55 Å². The van der Waals surface area contributed by atoms with E-state index in [4.69, 9.17) is 9.15 Å². The standard InChI is InChI=1S/C18H13FN2O3/c19-13-6-2-4-8-15(13)23-10-9-21-11-20-16-12-5-1-3-7-14(12)24-17(16)18(21)22/h1-8,11H,9-10H2. The van der Waals surface area contributed by atoms with E-state index in [-0.39, 0.29) is 30.0 Å². The van der Waals surface area contributed by atoms with Crippen molar-refractivity contribution in [2.45, 2.75) is 6.54 Å². The summed E-state index contributed by atoms with van der Waals surface area (Å²) in [5.74, 6) is -0.279. The van der Waals surface area contributed by atoms with Gasteiger partial charge in [-0.15, -0.1) is 0 Å². The van der Waals surface area contributed by atoms with Gasteiger partial charge in [-0.05, 0) is 24.3 Å². The molecular weight excluding hydrogens is 311 g/mol. The number of para-hydroxylation sites is 2. The fraction of sp³-hybridized carbons (Fsp3) is 0.111. The Labute approximate surface area is 135 Å². The minimum Gasteiger partial charge on any atom is -0.489 e. The Kier molecular flexibility index (Phi) is 3.49. The molecule has 5 nitrogen and oxygen atoms in total. The van der Waals surface area contributed by atoms with Crippen LogP contribution in [0.1, 0.15) is 0 Å². The number of aromatic nitrogens is 2. The van der Waals surface area contributed by atoms with E-state index < -0.39 is 5.82 Å². The first kappa shape index (κ1) is 14.4. The lowest BCUT2D eigenvalue weighted by Gasteiger charge is -2.08. The van der Waals surface area contributed by atoms with Gasteiger partial charge in [0, 0.05) is 5.39 Å². The number of benzene rings is 2. The Balaban J connectivity index is 1.61. The van der Waals surface area contributed by atoms with Gasteiger partial charge in [-0.3, -0.25) is 9.36 Å². The molecule has 0 N–H and O–H groups in total. The number of furan rings is 1. The zero-order chi connectivity index (χ0) is 16.5. The van der Waals surface area contributed by atoms with E-state index in [1.807, 2.05) is 18.2 Å². The maximum absolute atomic E-state index is 13.5. The second kappa shape index (κ2) is 5.81. The first-order chi connectivity index (χ1) is 11.7. The summed E-state index contributed by atoms with van der Waals surface area (Å²) in [5, 5.41) is 0.805. The highest BCUT2D eigenvalue weighted by molar-refractivity contribution is 6.01. The van der Waals surface area contributed by atoms with Gasteiger partial charge in [-0.25, -0.2) is 9.37 Å². The largest absolute Gasteiger partial charge is 0.489 e. The van der Waals surface area contributed by atoms with E-state index in [0.29, 0.717) is 11.1 Å². The summed E-state index contributed by atoms with van der Waals surface area (Å²) in [6.45, 7) is 0.390. The molecule has 4 aromatic rings. The van der Waals surface area contributed by atoms with E-state index in [1.165, 1.54) is 17.0 Å². The van der Waals surface area contributed by atoms with Crippen LogP contribution in [0.3, 0.4) is 0 Å². The first-order valence-corrected chi connectivity index (χ1v) is 7.48. The van der Waals surface area contributed by atoms with Gasteiger partial charge in [-0.1, -0.05) is 24.3 Å². The lowest BCUT2D eigenvalue weighted by Crippen LogP contribution is -2.23. The lowest BCUT2D eigenvalue weighted by molar-refractivity contribution is 0.282. The highest BCUT2D eigenvalue weighted by atomic mass is 19.1. The molecule has 0 amide bonds. The normalized spacial score (nSPS) is 11.2. The van der Waals surface area contributed by atoms with Crippen LogP contribution in [-0.4, -0.2) is 16.2 Å². The average molecular weight is 324 g/mol. The van der Waals surface area contributed by atoms with Crippen LogP contribution in [0.5, 0.6) is 5.75 Å². The van der Waals surface area contributed by atoms with E-state index in [0.717, 1.165) is 5.39 Å². The number of ether oxygens (including phenoxy) is 1. The van der Waals surface area contributed by atoms with Crippen LogP contribution in [0.25, 0.3) is 22.1 Å². The van der Waals surface area contributed by atoms with Gasteiger partial charge < -0.3 is 9.15 Å². The number of hydrogen-bond acceptors (Lipinski definition) is 4. The second-order valence-electron chi connectivity index (χ2n) is 5.30. The van der Waals surface area contributed by atoms with E-state index in [1.54, 1.807) is 24.3 Å². The Bertz CT molecular complexity index is 1080. The molecule has 0 aliphatic carbocycles. The molecule has 0 saturated heterocycles. The molecule has 2 heterocycles. The van der Waals surface area contributed by atoms with Crippen molar-refractivity contribution in [2.24, 2.45) is 0 Å². The molecule has 4 rings (SSSR count). The highest BCUT2D eigenvalue weighted by Gasteiger charge is 2.13. The molecule has 0 saturated carbocycles. The third-order valence-electron chi connectivity index (χ3n) is 3.78. The molecule has 120 valence electrons. The smallest absolute Gasteiger partial charge is 0.297 e. The van der Waals surface area contributed by atoms with Crippen molar-refractivity contribution in [3.05, 3.63) is 71.0 Å². The van der Waals surface area contributed by atoms with Gasteiger partial charge >= 0.3 is 0 Å². The predicted molar refractivity (Wildman–Crippen MR) is 87.7 cm³/mol. The molecule has 0 atom stereocenters. The van der Waals surface area contributed by atoms with Crippen molar-refractivity contribution in [2.75, 3.05) is 6.61 Å². The SMILES string of the molecule is O=c1c2oc3ccccc3c2ncn1CCOc1ccccc1F. The highest BCUT2D eigenvalue weighted by Crippen LogP contribution is 2.24. The monoisotopic (exact) mass is 324 g/mol. The Morgan fingerprint density at radius 2 is 1.92 bits per heavy atom. The molecule has 2 aromatic heterocycles. The van der Waals surface area contributed by atoms with Crippen LogP contribution in [-0.2, 0) is 6.54 Å². The van der Waals surface area contributed by atoms with Crippen molar-refractivity contribution in [3.63, 3.8) is 0 Å². The average Bonchev–Trinajstić information content (AvgIpc) is 2.98. The summed E-state index contributed by atoms with van der Waals surface area (Å²) >= 11 is 0. The van der Waals surface area contributed by atoms with Gasteiger partial charge in [0.25, 0.3) is 5.56 Å². The molecule has 6 heteroatoms. The van der Waals surface area contributed by atoms with Crippen LogP contribution in [0.4, 0.5) is 4.39 Å². The number of fused-ring (bicyclic) bond motifs is 3. The van der Waals surface area contributed by atoms with Crippen LogP contribution >= 0.6 is 0 Å². The molecule has 0 spiro atoms. The summed E-state index contributed by atoms with van der Waals surface area (Å²) in [6, 6.07) is 13.5. The summed E-state index contributed by atoms with van der Waals surface area (Å²) in [6.07, 6.45) is 1.46. The van der Waals surface area contributed by atoms with Crippen LogP contribution in [0.2, 0.25) is 0 Å². The molecule has 0 aliphatic heterocycles. The fourth-order valence-electron chi connectivity index (χ4n) is 2.59. The third kappa shape index (κ3) is 2.42. The molecule has 0 unspecified atom stereocenters. The Morgan fingerprint density at radius 1 is 1.12 bits per heavy atom. The Hall–Kier alpha value is -3.15. The zero-order valence-electron chi connectivity index (χ0n) is 12.6. The van der Waals surface area contributed by atoms with Crippen molar-refractivity contribution in [1.29, 1.82) is 0 Å². The number of rotatable bonds is 4. The van der Waals surface area contributed by atoms with Crippen molar-refractivity contribution >= 4 is 22.1 Å². The molecule has 0 bridgehead atoms. The first-order valence-electron chi connectivity index (χ1n) is 7.48. The fourth-order valence-corrected chi connectivity index (χ4v) is 2.59. The number of hydrogen-bond donors (Lipinski definition) is 0. The van der Waals surface area contributed by atoms with Gasteiger partial charge in [0.05, 0.1) is 12.9 Å². The van der Waals surface area contributed by atoms with E-state index in [2.05, 4.69) is 4.98 Å². The number of halogens is 1. The van der Waals surface area contributed by atoms with Gasteiger partial charge in [0.1, 0.15) is 17.7 Å². The summed E-state index contributed by atoms with van der Waals surface area (Å²) in [5.41, 5.74) is 1.09. The predicted octanol–water partition coefficient (Wildman–Crippen LogP) is 3.36. The quantitative estimate of drug-likeness (QED) is 0.577. The maximum Gasteiger partial charge on any atom is 0.297 e. The summed E-state index contributed by atoms with van der Waals surface area (Å²) < 4.78 is 25.9. The molecule has 2 aromatic carbocycles. The van der Waals surface area contributed by atoms with E-state index in [9.17, 15) is 9.18 Å². The van der Waals surface area contributed by atoms with Crippen LogP contribution in [0.15, 0.2) is 64.1 Å². The molecule has 24 heavy (non-hydrogen) atoms. The second-order valence-corrected chi connectivity index (χ2v) is 5.30. The molecule has 0 fully saturated rings. The zero-order valence-corrected chi connectivity index (χ0v) is 12.6. The minimum atomic E-state index is -0.435. The van der Waals surface area contributed by atoms with Crippen molar-refractivity contribution < 1.29 is 13.5 Å². The lowest BCUT2D eigenvalue weighted by atomic mass is 10.2. The topological polar surface area (TPSA) is 57.3 Å². The van der Waals surface area contributed by atoms with Gasteiger partial charge in [0.2, 0.25) is 5.58 Å². The van der Waals surface area contributed by atoms with Crippen molar-refractivity contribution in [3.8, 4) is 5.75 Å². The minimum absolute atomic E-state index is 0.147. The van der Waals surface area contributed by atoms with Crippen LogP contribution in [0, 0.1) is 5.82 Å². The third-order valence-corrected chi connectivity index (χ3v) is 3.78. The van der Waals surface area contributed by atoms with Gasteiger partial charge in [-0.2, -0.15) is 0 Å². The number of nitrogens with zero attached hydrogens (tertiary/aromatic N) is 2. The molecule has 0 radical (unpaired) electrons.